The Hall–Kier alpha value is -0.700. The third-order valence-electron chi connectivity index (χ3n) is 2.21. The van der Waals surface area contributed by atoms with Crippen molar-refractivity contribution in [2.45, 2.75) is 33.2 Å². The van der Waals surface area contributed by atoms with Crippen LogP contribution in [-0.4, -0.2) is 22.5 Å². The van der Waals surface area contributed by atoms with Gasteiger partial charge in [0.15, 0.2) is 0 Å². The molecule has 0 radical (unpaired) electrons. The molecule has 0 spiro atoms. The molecule has 1 aromatic rings. The van der Waals surface area contributed by atoms with Gasteiger partial charge >= 0.3 is 0 Å². The maximum Gasteiger partial charge on any atom is 0.126 e. The Kier molecular flexibility index (Phi) is 5.54. The predicted octanol–water partition coefficient (Wildman–Crippen LogP) is 3.33. The molecule has 0 aliphatic carbocycles. The Morgan fingerprint density at radius 2 is 2.33 bits per heavy atom. The lowest BCUT2D eigenvalue weighted by Crippen LogP contribution is -2.16. The minimum Gasteiger partial charge on any atom is -0.368 e. The van der Waals surface area contributed by atoms with Crippen LogP contribution in [0.2, 0.25) is 0 Å². The molecule has 0 saturated carbocycles. The molecule has 1 rings (SSSR count). The van der Waals surface area contributed by atoms with Gasteiger partial charge in [-0.1, -0.05) is 6.92 Å². The minimum atomic E-state index is 0.498. The summed E-state index contributed by atoms with van der Waals surface area (Å²) in [5.74, 6) is 3.41. The van der Waals surface area contributed by atoms with Gasteiger partial charge in [-0.15, -0.1) is 0 Å². The monoisotopic (exact) mass is 224 g/mol. The number of thioether (sulfide) groups is 1. The lowest BCUT2D eigenvalue weighted by Gasteiger charge is -2.14. The number of aryl methyl sites for hydroxylation is 1. The molecule has 3 heteroatoms. The van der Waals surface area contributed by atoms with Crippen molar-refractivity contribution >= 4 is 17.6 Å². The Bertz CT molecular complexity index is 289. The van der Waals surface area contributed by atoms with E-state index in [1.54, 1.807) is 0 Å². The second-order valence-electron chi connectivity index (χ2n) is 3.75. The fourth-order valence-corrected chi connectivity index (χ4v) is 2.15. The molecule has 0 saturated heterocycles. The molecule has 0 aromatic carbocycles. The molecule has 15 heavy (non-hydrogen) atoms. The van der Waals surface area contributed by atoms with Crippen molar-refractivity contribution in [2.75, 3.05) is 16.8 Å². The summed E-state index contributed by atoms with van der Waals surface area (Å²) in [6.07, 6.45) is 3.04. The van der Waals surface area contributed by atoms with Gasteiger partial charge < -0.3 is 5.32 Å². The molecule has 0 aliphatic heterocycles. The number of hydrogen-bond acceptors (Lipinski definition) is 3. The van der Waals surface area contributed by atoms with Gasteiger partial charge in [0.1, 0.15) is 5.82 Å². The van der Waals surface area contributed by atoms with Crippen molar-refractivity contribution in [3.8, 4) is 0 Å². The van der Waals surface area contributed by atoms with Gasteiger partial charge in [-0.3, -0.25) is 0 Å². The molecule has 0 aliphatic rings. The summed E-state index contributed by atoms with van der Waals surface area (Å²) in [7, 11) is 0. The first kappa shape index (κ1) is 12.4. The number of nitrogens with one attached hydrogen (secondary N) is 1. The van der Waals surface area contributed by atoms with Crippen LogP contribution in [0.1, 0.15) is 25.8 Å². The molecular weight excluding hydrogens is 204 g/mol. The smallest absolute Gasteiger partial charge is 0.126 e. The Morgan fingerprint density at radius 3 is 3.00 bits per heavy atom. The van der Waals surface area contributed by atoms with Crippen molar-refractivity contribution in [3.05, 3.63) is 23.9 Å². The van der Waals surface area contributed by atoms with E-state index in [4.69, 9.17) is 0 Å². The Labute approximate surface area is 96.9 Å². The number of aromatic nitrogens is 1. The van der Waals surface area contributed by atoms with E-state index in [2.05, 4.69) is 37.1 Å². The zero-order chi connectivity index (χ0) is 11.1. The van der Waals surface area contributed by atoms with Gasteiger partial charge in [0.2, 0.25) is 0 Å². The van der Waals surface area contributed by atoms with Crippen molar-refractivity contribution in [1.29, 1.82) is 0 Å². The molecule has 0 amide bonds. The van der Waals surface area contributed by atoms with E-state index in [0.717, 1.165) is 5.82 Å². The normalized spacial score (nSPS) is 12.5. The third kappa shape index (κ3) is 5.07. The zero-order valence-corrected chi connectivity index (χ0v) is 10.6. The van der Waals surface area contributed by atoms with Crippen molar-refractivity contribution in [1.82, 2.24) is 4.98 Å². The summed E-state index contributed by atoms with van der Waals surface area (Å²) in [4.78, 5) is 4.29. The summed E-state index contributed by atoms with van der Waals surface area (Å²) in [5, 5.41) is 3.42. The summed E-state index contributed by atoms with van der Waals surface area (Å²) in [5.41, 5.74) is 1.25. The van der Waals surface area contributed by atoms with E-state index in [-0.39, 0.29) is 0 Å². The third-order valence-corrected chi connectivity index (χ3v) is 3.14. The zero-order valence-electron chi connectivity index (χ0n) is 9.79. The van der Waals surface area contributed by atoms with Crippen molar-refractivity contribution in [3.63, 3.8) is 0 Å². The van der Waals surface area contributed by atoms with E-state index >= 15 is 0 Å². The van der Waals surface area contributed by atoms with Gasteiger partial charge in [0.25, 0.3) is 0 Å². The highest BCUT2D eigenvalue weighted by Gasteiger charge is 2.02. The first-order valence-corrected chi connectivity index (χ1v) is 6.64. The van der Waals surface area contributed by atoms with Crippen LogP contribution in [0, 0.1) is 6.92 Å². The summed E-state index contributed by atoms with van der Waals surface area (Å²) in [6.45, 7) is 6.50. The summed E-state index contributed by atoms with van der Waals surface area (Å²) < 4.78 is 0. The van der Waals surface area contributed by atoms with Crippen LogP contribution in [0.3, 0.4) is 0 Å². The van der Waals surface area contributed by atoms with Crippen LogP contribution in [-0.2, 0) is 0 Å². The number of rotatable bonds is 6. The van der Waals surface area contributed by atoms with Gasteiger partial charge in [-0.05, 0) is 49.5 Å². The Morgan fingerprint density at radius 1 is 1.53 bits per heavy atom. The van der Waals surface area contributed by atoms with Crippen LogP contribution in [0.15, 0.2) is 18.3 Å². The van der Waals surface area contributed by atoms with Crippen molar-refractivity contribution < 1.29 is 0 Å². The van der Waals surface area contributed by atoms with E-state index in [1.807, 2.05) is 24.0 Å². The maximum atomic E-state index is 4.29. The summed E-state index contributed by atoms with van der Waals surface area (Å²) >= 11 is 1.99. The quantitative estimate of drug-likeness (QED) is 0.750. The average molecular weight is 224 g/mol. The number of pyridine rings is 1. The van der Waals surface area contributed by atoms with Crippen LogP contribution >= 0.6 is 11.8 Å². The van der Waals surface area contributed by atoms with E-state index in [0.29, 0.717) is 6.04 Å². The lowest BCUT2D eigenvalue weighted by atomic mass is 10.2. The average Bonchev–Trinajstić information content (AvgIpc) is 2.18. The maximum absolute atomic E-state index is 4.29. The molecule has 84 valence electrons. The van der Waals surface area contributed by atoms with E-state index < -0.39 is 0 Å². The largest absolute Gasteiger partial charge is 0.368 e. The van der Waals surface area contributed by atoms with Crippen LogP contribution in [0.5, 0.6) is 0 Å². The number of anilines is 1. The molecule has 1 aromatic heterocycles. The molecule has 1 unspecified atom stereocenters. The van der Waals surface area contributed by atoms with Crippen LogP contribution in [0.25, 0.3) is 0 Å². The van der Waals surface area contributed by atoms with Gasteiger partial charge in [0, 0.05) is 12.2 Å². The lowest BCUT2D eigenvalue weighted by molar-refractivity contribution is 0.766. The second kappa shape index (κ2) is 6.72. The highest BCUT2D eigenvalue weighted by atomic mass is 32.2. The molecule has 0 fully saturated rings. The summed E-state index contributed by atoms with van der Waals surface area (Å²) in [6, 6.07) is 4.60. The fraction of sp³-hybridized carbons (Fsp3) is 0.583. The highest BCUT2D eigenvalue weighted by molar-refractivity contribution is 7.99. The molecular formula is C12H20N2S. The first-order valence-electron chi connectivity index (χ1n) is 5.49. The van der Waals surface area contributed by atoms with Crippen molar-refractivity contribution in [2.24, 2.45) is 0 Å². The topological polar surface area (TPSA) is 24.9 Å². The van der Waals surface area contributed by atoms with Crippen LogP contribution in [0.4, 0.5) is 5.82 Å². The Balaban J connectivity index is 2.34. The van der Waals surface area contributed by atoms with Crippen LogP contribution < -0.4 is 5.32 Å². The van der Waals surface area contributed by atoms with Gasteiger partial charge in [0.05, 0.1) is 0 Å². The van der Waals surface area contributed by atoms with E-state index in [1.165, 1.54) is 23.5 Å². The molecule has 0 bridgehead atoms. The standard InChI is InChI=1S/C12H20N2S/c1-4-15-8-6-11(3)14-12-9-10(2)5-7-13-12/h5,7,9,11H,4,6,8H2,1-3H3,(H,13,14). The van der Waals surface area contributed by atoms with E-state index in [9.17, 15) is 0 Å². The first-order chi connectivity index (χ1) is 7.22. The second-order valence-corrected chi connectivity index (χ2v) is 5.14. The van der Waals surface area contributed by atoms with Gasteiger partial charge in [-0.2, -0.15) is 11.8 Å². The fourth-order valence-electron chi connectivity index (χ4n) is 1.34. The number of nitrogens with zero attached hydrogens (tertiary/aromatic N) is 1. The molecule has 1 atom stereocenters. The van der Waals surface area contributed by atoms with Gasteiger partial charge in [-0.25, -0.2) is 4.98 Å². The molecule has 1 heterocycles. The SMILES string of the molecule is CCSCCC(C)Nc1cc(C)ccn1. The number of hydrogen-bond donors (Lipinski definition) is 1. The highest BCUT2D eigenvalue weighted by Crippen LogP contribution is 2.10. The molecule has 1 N–H and O–H groups in total. The molecule has 2 nitrogen and oxygen atoms in total. The predicted molar refractivity (Wildman–Crippen MR) is 69.7 cm³/mol. The minimum absolute atomic E-state index is 0.498.